The smallest absolute Gasteiger partial charge is 0.151 e. The van der Waals surface area contributed by atoms with Crippen LogP contribution in [0.4, 0.5) is 5.82 Å². The fraction of sp³-hybridized carbons (Fsp3) is 0.500. The monoisotopic (exact) mass is 398 g/mol. The van der Waals surface area contributed by atoms with Crippen LogP contribution in [0.3, 0.4) is 0 Å². The van der Waals surface area contributed by atoms with Crippen molar-refractivity contribution in [3.63, 3.8) is 0 Å². The highest BCUT2D eigenvalue weighted by Crippen LogP contribution is 2.26. The maximum atomic E-state index is 5.96. The third-order valence-electron chi connectivity index (χ3n) is 5.12. The van der Waals surface area contributed by atoms with Crippen molar-refractivity contribution in [1.29, 1.82) is 0 Å². The lowest BCUT2D eigenvalue weighted by molar-refractivity contribution is 0.160. The molecular formula is C22H30N4O3. The molecule has 29 heavy (non-hydrogen) atoms. The predicted octanol–water partition coefficient (Wildman–Crippen LogP) is 3.85. The molecule has 1 aromatic heterocycles. The minimum Gasteiger partial charge on any atom is -0.496 e. The molecule has 0 unspecified atom stereocenters. The van der Waals surface area contributed by atoms with Gasteiger partial charge < -0.3 is 19.2 Å². The van der Waals surface area contributed by atoms with Crippen molar-refractivity contribution in [3.05, 3.63) is 41.6 Å². The first kappa shape index (κ1) is 20.9. The number of hydrogen-bond donors (Lipinski definition) is 0. The number of piperidine rings is 1. The molecule has 0 N–H and O–H groups in total. The number of oxime groups is 1. The van der Waals surface area contributed by atoms with E-state index in [1.54, 1.807) is 13.3 Å². The molecule has 7 heteroatoms. The molecule has 7 nitrogen and oxygen atoms in total. The van der Waals surface area contributed by atoms with E-state index in [9.17, 15) is 0 Å². The van der Waals surface area contributed by atoms with Crippen molar-refractivity contribution < 1.29 is 14.3 Å². The first-order chi connectivity index (χ1) is 14.2. The van der Waals surface area contributed by atoms with Crippen LogP contribution in [0.25, 0.3) is 0 Å². The second-order valence-corrected chi connectivity index (χ2v) is 7.16. The number of anilines is 1. The molecule has 0 bridgehead atoms. The molecule has 1 aliphatic rings. The molecule has 2 aromatic rings. The third kappa shape index (κ3) is 6.07. The molecule has 0 atom stereocenters. The number of methoxy groups -OCH3 is 1. The number of hydrogen-bond acceptors (Lipinski definition) is 7. The second kappa shape index (κ2) is 10.6. The average Bonchev–Trinajstić information content (AvgIpc) is 2.76. The number of rotatable bonds is 9. The Kier molecular flexibility index (Phi) is 7.67. The Morgan fingerprint density at radius 1 is 1.17 bits per heavy atom. The van der Waals surface area contributed by atoms with E-state index in [2.05, 4.69) is 26.3 Å². The van der Waals surface area contributed by atoms with Crippen LogP contribution in [0.1, 0.15) is 37.4 Å². The molecular weight excluding hydrogens is 368 g/mol. The number of benzene rings is 1. The molecule has 1 fully saturated rings. The Bertz CT molecular complexity index is 787. The lowest BCUT2D eigenvalue weighted by atomic mass is 9.94. The van der Waals surface area contributed by atoms with E-state index < -0.39 is 0 Å². The fourth-order valence-electron chi connectivity index (χ4n) is 3.41. The SMILES string of the molecule is CCON=Cc1ccc(OCCC2CCN(c3ccc(C)nn3)CC2)cc1OC. The summed E-state index contributed by atoms with van der Waals surface area (Å²) in [6.07, 6.45) is 4.99. The maximum absolute atomic E-state index is 5.96. The highest BCUT2D eigenvalue weighted by Gasteiger charge is 2.20. The number of aryl methyl sites for hydroxylation is 1. The lowest BCUT2D eigenvalue weighted by Crippen LogP contribution is -2.34. The molecule has 1 aromatic carbocycles. The summed E-state index contributed by atoms with van der Waals surface area (Å²) in [6.45, 7) is 7.13. The van der Waals surface area contributed by atoms with E-state index in [0.717, 1.165) is 60.9 Å². The molecule has 1 aliphatic heterocycles. The van der Waals surface area contributed by atoms with Crippen molar-refractivity contribution in [2.45, 2.75) is 33.1 Å². The van der Waals surface area contributed by atoms with E-state index in [4.69, 9.17) is 14.3 Å². The van der Waals surface area contributed by atoms with Gasteiger partial charge in [-0.3, -0.25) is 0 Å². The highest BCUT2D eigenvalue weighted by molar-refractivity contribution is 5.83. The minimum atomic E-state index is 0.539. The van der Waals surface area contributed by atoms with Crippen molar-refractivity contribution >= 4 is 12.0 Å². The van der Waals surface area contributed by atoms with Crippen LogP contribution in [0.2, 0.25) is 0 Å². The van der Waals surface area contributed by atoms with Crippen molar-refractivity contribution in [2.24, 2.45) is 11.1 Å². The van der Waals surface area contributed by atoms with Crippen molar-refractivity contribution in [1.82, 2.24) is 10.2 Å². The molecule has 2 heterocycles. The quantitative estimate of drug-likeness (QED) is 0.472. The van der Waals surface area contributed by atoms with Gasteiger partial charge in [-0.05, 0) is 63.3 Å². The van der Waals surface area contributed by atoms with Crippen molar-refractivity contribution in [3.8, 4) is 11.5 Å². The summed E-state index contributed by atoms with van der Waals surface area (Å²) in [5.41, 5.74) is 1.81. The Morgan fingerprint density at radius 3 is 2.69 bits per heavy atom. The summed E-state index contributed by atoms with van der Waals surface area (Å²) in [5, 5.41) is 12.4. The van der Waals surface area contributed by atoms with Crippen LogP contribution in [0.5, 0.6) is 11.5 Å². The number of aromatic nitrogens is 2. The van der Waals surface area contributed by atoms with Gasteiger partial charge in [-0.2, -0.15) is 5.10 Å². The van der Waals surface area contributed by atoms with Gasteiger partial charge in [0.05, 0.1) is 25.6 Å². The maximum Gasteiger partial charge on any atom is 0.151 e. The lowest BCUT2D eigenvalue weighted by Gasteiger charge is -2.32. The van der Waals surface area contributed by atoms with Gasteiger partial charge in [0.25, 0.3) is 0 Å². The zero-order chi connectivity index (χ0) is 20.5. The zero-order valence-electron chi connectivity index (χ0n) is 17.5. The first-order valence-corrected chi connectivity index (χ1v) is 10.2. The van der Waals surface area contributed by atoms with E-state index in [0.29, 0.717) is 19.1 Å². The predicted molar refractivity (Wildman–Crippen MR) is 114 cm³/mol. The summed E-state index contributed by atoms with van der Waals surface area (Å²) < 4.78 is 11.4. The van der Waals surface area contributed by atoms with Gasteiger partial charge in [0.2, 0.25) is 0 Å². The summed E-state index contributed by atoms with van der Waals surface area (Å²) in [6, 6.07) is 9.84. The van der Waals surface area contributed by atoms with Crippen LogP contribution >= 0.6 is 0 Å². The van der Waals surface area contributed by atoms with Crippen molar-refractivity contribution in [2.75, 3.05) is 38.3 Å². The van der Waals surface area contributed by atoms with Gasteiger partial charge in [0, 0.05) is 24.7 Å². The van der Waals surface area contributed by atoms with Gasteiger partial charge in [0.1, 0.15) is 18.1 Å². The summed E-state index contributed by atoms with van der Waals surface area (Å²) >= 11 is 0. The van der Waals surface area contributed by atoms with Gasteiger partial charge in [-0.25, -0.2) is 0 Å². The minimum absolute atomic E-state index is 0.539. The Balaban J connectivity index is 1.44. The Hall–Kier alpha value is -2.83. The summed E-state index contributed by atoms with van der Waals surface area (Å²) in [4.78, 5) is 7.33. The van der Waals surface area contributed by atoms with Crippen LogP contribution in [-0.2, 0) is 4.84 Å². The van der Waals surface area contributed by atoms with Crippen LogP contribution in [0, 0.1) is 12.8 Å². The van der Waals surface area contributed by atoms with E-state index in [1.807, 2.05) is 38.1 Å². The van der Waals surface area contributed by atoms with E-state index >= 15 is 0 Å². The number of ether oxygens (including phenoxy) is 2. The molecule has 0 aliphatic carbocycles. The number of nitrogens with zero attached hydrogens (tertiary/aromatic N) is 4. The van der Waals surface area contributed by atoms with Gasteiger partial charge >= 0.3 is 0 Å². The van der Waals surface area contributed by atoms with Crippen LogP contribution in [-0.4, -0.2) is 49.8 Å². The molecule has 156 valence electrons. The summed E-state index contributed by atoms with van der Waals surface area (Å²) in [7, 11) is 1.64. The molecule has 0 spiro atoms. The second-order valence-electron chi connectivity index (χ2n) is 7.16. The van der Waals surface area contributed by atoms with Crippen LogP contribution < -0.4 is 14.4 Å². The molecule has 0 saturated carbocycles. The molecule has 0 radical (unpaired) electrons. The van der Waals surface area contributed by atoms with Gasteiger partial charge in [-0.15, -0.1) is 5.10 Å². The van der Waals surface area contributed by atoms with Gasteiger partial charge in [-0.1, -0.05) is 5.16 Å². The van der Waals surface area contributed by atoms with Gasteiger partial charge in [0.15, 0.2) is 5.82 Å². The highest BCUT2D eigenvalue weighted by atomic mass is 16.6. The molecule has 3 rings (SSSR count). The zero-order valence-corrected chi connectivity index (χ0v) is 17.5. The Morgan fingerprint density at radius 2 is 2.00 bits per heavy atom. The largest absolute Gasteiger partial charge is 0.496 e. The van der Waals surface area contributed by atoms with E-state index in [1.165, 1.54) is 0 Å². The fourth-order valence-corrected chi connectivity index (χ4v) is 3.41. The van der Waals surface area contributed by atoms with Crippen LogP contribution in [0.15, 0.2) is 35.5 Å². The Labute approximate surface area is 172 Å². The first-order valence-electron chi connectivity index (χ1n) is 10.2. The third-order valence-corrected chi connectivity index (χ3v) is 5.12. The molecule has 1 saturated heterocycles. The average molecular weight is 399 g/mol. The van der Waals surface area contributed by atoms with E-state index in [-0.39, 0.29) is 0 Å². The normalized spacial score (nSPS) is 14.9. The summed E-state index contributed by atoms with van der Waals surface area (Å²) in [5.74, 6) is 3.18. The molecule has 0 amide bonds. The standard InChI is InChI=1S/C22H30N4O3/c1-4-29-23-16-19-6-7-20(15-21(19)27-3)28-14-11-18-9-12-26(13-10-18)22-8-5-17(2)24-25-22/h5-8,15-16,18H,4,9-14H2,1-3H3. The topological polar surface area (TPSA) is 69.1 Å².